The van der Waals surface area contributed by atoms with Gasteiger partial charge in [-0.15, -0.1) is 0 Å². The molecule has 1 rings (SSSR count). The third-order valence-electron chi connectivity index (χ3n) is 2.91. The van der Waals surface area contributed by atoms with Gasteiger partial charge in [0, 0.05) is 33.4 Å². The van der Waals surface area contributed by atoms with E-state index < -0.39 is 10.0 Å². The van der Waals surface area contributed by atoms with Crippen LogP contribution >= 0.6 is 0 Å². The molecule has 1 aromatic carbocycles. The van der Waals surface area contributed by atoms with Gasteiger partial charge in [0.2, 0.25) is 10.0 Å². The molecule has 0 aromatic heterocycles. The van der Waals surface area contributed by atoms with Crippen molar-refractivity contribution in [3.63, 3.8) is 0 Å². The average Bonchev–Trinajstić information content (AvgIpc) is 2.39. The number of sulfonamides is 1. The van der Waals surface area contributed by atoms with Crippen molar-refractivity contribution < 1.29 is 13.2 Å². The SMILES string of the molecule is COCCCN(C)S(=O)(=O)c1cccc(C(C)N)c1. The van der Waals surface area contributed by atoms with E-state index in [0.717, 1.165) is 5.56 Å². The van der Waals surface area contributed by atoms with Gasteiger partial charge in [0.15, 0.2) is 0 Å². The Morgan fingerprint density at radius 2 is 2.11 bits per heavy atom. The second kappa shape index (κ2) is 7.00. The molecule has 0 aliphatic carbocycles. The lowest BCUT2D eigenvalue weighted by atomic mass is 10.1. The smallest absolute Gasteiger partial charge is 0.242 e. The normalized spacial score (nSPS) is 13.7. The fourth-order valence-corrected chi connectivity index (χ4v) is 2.95. The minimum Gasteiger partial charge on any atom is -0.385 e. The molecule has 0 saturated carbocycles. The number of hydrogen-bond acceptors (Lipinski definition) is 4. The molecule has 0 amide bonds. The summed E-state index contributed by atoms with van der Waals surface area (Å²) in [7, 11) is -0.282. The molecule has 6 heteroatoms. The van der Waals surface area contributed by atoms with E-state index in [1.54, 1.807) is 32.4 Å². The van der Waals surface area contributed by atoms with E-state index in [0.29, 0.717) is 19.6 Å². The summed E-state index contributed by atoms with van der Waals surface area (Å²) in [6, 6.07) is 6.58. The predicted octanol–water partition coefficient (Wildman–Crippen LogP) is 1.36. The Labute approximate surface area is 115 Å². The molecule has 0 heterocycles. The van der Waals surface area contributed by atoms with E-state index in [2.05, 4.69) is 0 Å². The van der Waals surface area contributed by atoms with Gasteiger partial charge in [0.25, 0.3) is 0 Å². The van der Waals surface area contributed by atoms with E-state index in [1.165, 1.54) is 4.31 Å². The summed E-state index contributed by atoms with van der Waals surface area (Å²) in [5.41, 5.74) is 6.59. The van der Waals surface area contributed by atoms with Crippen molar-refractivity contribution in [2.75, 3.05) is 27.3 Å². The summed E-state index contributed by atoms with van der Waals surface area (Å²) in [4.78, 5) is 0.280. The van der Waals surface area contributed by atoms with E-state index in [9.17, 15) is 8.42 Å². The first-order chi connectivity index (χ1) is 8.89. The first-order valence-corrected chi connectivity index (χ1v) is 7.64. The van der Waals surface area contributed by atoms with Crippen molar-refractivity contribution >= 4 is 10.0 Å². The molecule has 1 atom stereocenters. The molecule has 19 heavy (non-hydrogen) atoms. The number of rotatable bonds is 7. The predicted molar refractivity (Wildman–Crippen MR) is 75.4 cm³/mol. The van der Waals surface area contributed by atoms with Gasteiger partial charge in [-0.25, -0.2) is 12.7 Å². The molecule has 1 unspecified atom stereocenters. The van der Waals surface area contributed by atoms with Crippen molar-refractivity contribution in [3.8, 4) is 0 Å². The second-order valence-corrected chi connectivity index (χ2v) is 6.58. The molecule has 0 radical (unpaired) electrons. The van der Waals surface area contributed by atoms with Gasteiger partial charge in [-0.2, -0.15) is 0 Å². The average molecular weight is 286 g/mol. The summed E-state index contributed by atoms with van der Waals surface area (Å²) in [6.07, 6.45) is 0.666. The molecule has 1 aromatic rings. The fourth-order valence-electron chi connectivity index (χ4n) is 1.69. The summed E-state index contributed by atoms with van der Waals surface area (Å²) >= 11 is 0. The Bertz CT molecular complexity index is 500. The van der Waals surface area contributed by atoms with Crippen LogP contribution in [0.2, 0.25) is 0 Å². The van der Waals surface area contributed by atoms with Crippen LogP contribution in [-0.2, 0) is 14.8 Å². The largest absolute Gasteiger partial charge is 0.385 e. The van der Waals surface area contributed by atoms with Crippen LogP contribution in [-0.4, -0.2) is 40.0 Å². The zero-order chi connectivity index (χ0) is 14.5. The third-order valence-corrected chi connectivity index (χ3v) is 4.77. The summed E-state index contributed by atoms with van der Waals surface area (Å²) in [5.74, 6) is 0. The highest BCUT2D eigenvalue weighted by atomic mass is 32.2. The fraction of sp³-hybridized carbons (Fsp3) is 0.538. The summed E-state index contributed by atoms with van der Waals surface area (Å²) in [6.45, 7) is 2.80. The van der Waals surface area contributed by atoms with Crippen LogP contribution in [0.5, 0.6) is 0 Å². The lowest BCUT2D eigenvalue weighted by Gasteiger charge is -2.18. The van der Waals surface area contributed by atoms with Gasteiger partial charge in [-0.05, 0) is 31.0 Å². The topological polar surface area (TPSA) is 72.6 Å². The molecular weight excluding hydrogens is 264 g/mol. The van der Waals surface area contributed by atoms with Crippen molar-refractivity contribution in [1.82, 2.24) is 4.31 Å². The zero-order valence-corrected chi connectivity index (χ0v) is 12.5. The van der Waals surface area contributed by atoms with Gasteiger partial charge in [0.05, 0.1) is 4.90 Å². The number of nitrogens with two attached hydrogens (primary N) is 1. The maximum atomic E-state index is 12.3. The van der Waals surface area contributed by atoms with Crippen LogP contribution in [0.15, 0.2) is 29.2 Å². The van der Waals surface area contributed by atoms with Gasteiger partial charge in [-0.3, -0.25) is 0 Å². The summed E-state index contributed by atoms with van der Waals surface area (Å²) < 4.78 is 31.0. The number of hydrogen-bond donors (Lipinski definition) is 1. The van der Waals surface area contributed by atoms with Crippen LogP contribution in [0, 0.1) is 0 Å². The minimum absolute atomic E-state index is 0.186. The standard InChI is InChI=1S/C13H22N2O3S/c1-11(14)12-6-4-7-13(10-12)19(16,17)15(2)8-5-9-18-3/h4,6-7,10-11H,5,8-9,14H2,1-3H3. The molecule has 2 N–H and O–H groups in total. The van der Waals surface area contributed by atoms with Crippen LogP contribution < -0.4 is 5.73 Å². The van der Waals surface area contributed by atoms with E-state index in [-0.39, 0.29) is 10.9 Å². The van der Waals surface area contributed by atoms with Gasteiger partial charge < -0.3 is 10.5 Å². The Morgan fingerprint density at radius 1 is 1.42 bits per heavy atom. The maximum Gasteiger partial charge on any atom is 0.242 e. The first kappa shape index (κ1) is 16.1. The van der Waals surface area contributed by atoms with Crippen LogP contribution in [0.1, 0.15) is 24.9 Å². The Hall–Kier alpha value is -0.950. The molecule has 0 saturated heterocycles. The highest BCUT2D eigenvalue weighted by Crippen LogP contribution is 2.19. The number of ether oxygens (including phenoxy) is 1. The zero-order valence-electron chi connectivity index (χ0n) is 11.7. The second-order valence-electron chi connectivity index (χ2n) is 4.53. The van der Waals surface area contributed by atoms with Crippen LogP contribution in [0.25, 0.3) is 0 Å². The van der Waals surface area contributed by atoms with Crippen molar-refractivity contribution in [2.45, 2.75) is 24.3 Å². The van der Waals surface area contributed by atoms with Crippen molar-refractivity contribution in [1.29, 1.82) is 0 Å². The van der Waals surface area contributed by atoms with E-state index in [1.807, 2.05) is 13.0 Å². The lowest BCUT2D eigenvalue weighted by molar-refractivity contribution is 0.189. The Balaban J connectivity index is 2.90. The first-order valence-electron chi connectivity index (χ1n) is 6.20. The Kier molecular flexibility index (Phi) is 5.93. The minimum atomic E-state index is -3.45. The molecular formula is C13H22N2O3S. The van der Waals surface area contributed by atoms with E-state index in [4.69, 9.17) is 10.5 Å². The highest BCUT2D eigenvalue weighted by molar-refractivity contribution is 7.89. The van der Waals surface area contributed by atoms with Crippen molar-refractivity contribution in [3.05, 3.63) is 29.8 Å². The number of methoxy groups -OCH3 is 1. The summed E-state index contributed by atoms with van der Waals surface area (Å²) in [5, 5.41) is 0. The molecule has 5 nitrogen and oxygen atoms in total. The van der Waals surface area contributed by atoms with Gasteiger partial charge in [0.1, 0.15) is 0 Å². The Morgan fingerprint density at radius 3 is 2.68 bits per heavy atom. The monoisotopic (exact) mass is 286 g/mol. The molecule has 0 fully saturated rings. The maximum absolute atomic E-state index is 12.3. The molecule has 0 aliphatic rings. The number of nitrogens with zero attached hydrogens (tertiary/aromatic N) is 1. The molecule has 108 valence electrons. The molecule has 0 spiro atoms. The van der Waals surface area contributed by atoms with Gasteiger partial charge >= 0.3 is 0 Å². The molecule has 0 aliphatic heterocycles. The van der Waals surface area contributed by atoms with Crippen LogP contribution in [0.4, 0.5) is 0 Å². The van der Waals surface area contributed by atoms with Crippen LogP contribution in [0.3, 0.4) is 0 Å². The lowest BCUT2D eigenvalue weighted by Crippen LogP contribution is -2.28. The third kappa shape index (κ3) is 4.28. The quantitative estimate of drug-likeness (QED) is 0.768. The molecule has 0 bridgehead atoms. The van der Waals surface area contributed by atoms with Gasteiger partial charge in [-0.1, -0.05) is 12.1 Å². The van der Waals surface area contributed by atoms with Crippen molar-refractivity contribution in [2.24, 2.45) is 5.73 Å². The van der Waals surface area contributed by atoms with E-state index >= 15 is 0 Å². The highest BCUT2D eigenvalue weighted by Gasteiger charge is 2.20. The number of benzene rings is 1.